The van der Waals surface area contributed by atoms with Crippen LogP contribution < -0.4 is 20.7 Å². The molecule has 2 aliphatic rings. The third-order valence-electron chi connectivity index (χ3n) is 5.26. The molecule has 0 radical (unpaired) electrons. The Balaban J connectivity index is 1.55. The van der Waals surface area contributed by atoms with Crippen LogP contribution in [0.1, 0.15) is 11.4 Å². The second kappa shape index (κ2) is 9.95. The number of hydrogen-bond acceptors (Lipinski definition) is 10. The van der Waals surface area contributed by atoms with Crippen LogP contribution in [0.2, 0.25) is 0 Å². The number of fused-ring (bicyclic) bond motifs is 1. The first-order chi connectivity index (χ1) is 16.7. The van der Waals surface area contributed by atoms with Gasteiger partial charge in [0.05, 0.1) is 11.7 Å². The average molecular weight is 525 g/mol. The number of amides is 2. The van der Waals surface area contributed by atoms with Gasteiger partial charge in [0, 0.05) is 35.8 Å². The molecule has 0 aromatic carbocycles. The molecule has 11 nitrogen and oxygen atoms in total. The molecule has 15 heteroatoms. The van der Waals surface area contributed by atoms with Gasteiger partial charge in [-0.2, -0.15) is 13.3 Å². The highest BCUT2D eigenvalue weighted by atomic mass is 32.2. The Hall–Kier alpha value is -3.59. The topological polar surface area (TPSA) is 154 Å². The molecular weight excluding hydrogens is 506 g/mol. The molecule has 0 spiro atoms. The monoisotopic (exact) mass is 524 g/mol. The number of thiazole rings is 1. The van der Waals surface area contributed by atoms with Gasteiger partial charge in [0.1, 0.15) is 17.1 Å². The van der Waals surface area contributed by atoms with Gasteiger partial charge in [-0.05, 0) is 0 Å². The standard InChI is InChI=1S/C20H18F2N6O5S2/c1-9-4-2-3-5-27(9)6-10-7-34-17-13(16(30)28(17)14(10)18(31)32)25-15(29)12(26-33-19(21)22)11-8-35-20(23)24-11/h2-5,8,13,17,19H,6-7H2,1H3,(H3-,23,24,25,29,31,32)/t13?,17-/m1/s1. The summed E-state index contributed by atoms with van der Waals surface area (Å²) in [5.74, 6) is -2.93. The van der Waals surface area contributed by atoms with Crippen LogP contribution in [0.4, 0.5) is 13.9 Å². The number of carboxylic acids is 1. The molecule has 35 heavy (non-hydrogen) atoms. The highest BCUT2D eigenvalue weighted by molar-refractivity contribution is 8.00. The zero-order chi connectivity index (χ0) is 25.3. The summed E-state index contributed by atoms with van der Waals surface area (Å²) in [6.07, 6.45) is 1.79. The average Bonchev–Trinajstić information content (AvgIpc) is 3.24. The van der Waals surface area contributed by atoms with Crippen molar-refractivity contribution < 1.29 is 37.7 Å². The maximum absolute atomic E-state index is 12.9. The largest absolute Gasteiger partial charge is 0.543 e. The Kier molecular flexibility index (Phi) is 6.98. The molecule has 2 aliphatic heterocycles. The third kappa shape index (κ3) is 4.95. The van der Waals surface area contributed by atoms with Crippen LogP contribution in [0, 0.1) is 6.92 Å². The second-order valence-corrected chi connectivity index (χ2v) is 9.44. The van der Waals surface area contributed by atoms with Crippen molar-refractivity contribution in [2.24, 2.45) is 5.16 Å². The maximum Gasteiger partial charge on any atom is 0.407 e. The van der Waals surface area contributed by atoms with Crippen molar-refractivity contribution in [2.45, 2.75) is 31.5 Å². The number of hydrogen-bond donors (Lipinski definition) is 2. The van der Waals surface area contributed by atoms with E-state index in [9.17, 15) is 28.3 Å². The summed E-state index contributed by atoms with van der Waals surface area (Å²) in [7, 11) is 0. The number of oxime groups is 1. The number of alkyl halides is 2. The second-order valence-electron chi connectivity index (χ2n) is 7.45. The predicted octanol–water partition coefficient (Wildman–Crippen LogP) is -0.631. The van der Waals surface area contributed by atoms with Crippen LogP contribution in [0.25, 0.3) is 0 Å². The number of carbonyl (C=O) groups excluding carboxylic acids is 3. The molecule has 2 atom stereocenters. The van der Waals surface area contributed by atoms with Crippen molar-refractivity contribution in [1.29, 1.82) is 0 Å². The number of carboxylic acid groups (broad SMARTS) is 1. The van der Waals surface area contributed by atoms with Crippen molar-refractivity contribution in [3.8, 4) is 0 Å². The zero-order valence-electron chi connectivity index (χ0n) is 18.0. The minimum absolute atomic E-state index is 0.0640. The summed E-state index contributed by atoms with van der Waals surface area (Å²) in [6.45, 7) is -1.18. The van der Waals surface area contributed by atoms with Crippen LogP contribution in [-0.2, 0) is 25.8 Å². The summed E-state index contributed by atoms with van der Waals surface area (Å²) in [6, 6.07) is 4.40. The van der Waals surface area contributed by atoms with E-state index >= 15 is 0 Å². The number of carbonyl (C=O) groups is 3. The highest BCUT2D eigenvalue weighted by Crippen LogP contribution is 2.40. The first-order valence-electron chi connectivity index (χ1n) is 10.0. The molecule has 3 N–H and O–H groups in total. The lowest BCUT2D eigenvalue weighted by Crippen LogP contribution is -2.71. The van der Waals surface area contributed by atoms with E-state index in [1.807, 2.05) is 23.6 Å². The molecule has 2 aromatic heterocycles. The number of nitrogens with two attached hydrogens (primary N) is 1. The number of β-lactam (4-membered cyclic amide) rings is 1. The molecule has 0 aliphatic carbocycles. The molecule has 1 unspecified atom stereocenters. The summed E-state index contributed by atoms with van der Waals surface area (Å²) in [5, 5.41) is 18.2. The fraction of sp³-hybridized carbons (Fsp3) is 0.300. The minimum Gasteiger partial charge on any atom is -0.543 e. The third-order valence-corrected chi connectivity index (χ3v) is 7.27. The molecule has 2 aromatic rings. The molecule has 4 heterocycles. The summed E-state index contributed by atoms with van der Waals surface area (Å²) < 4.78 is 26.8. The molecule has 1 fully saturated rings. The maximum atomic E-state index is 12.9. The van der Waals surface area contributed by atoms with E-state index < -0.39 is 41.5 Å². The molecule has 0 saturated carbocycles. The van der Waals surface area contributed by atoms with Gasteiger partial charge in [-0.3, -0.25) is 14.5 Å². The van der Waals surface area contributed by atoms with Crippen LogP contribution >= 0.6 is 23.1 Å². The molecule has 184 valence electrons. The number of anilines is 1. The van der Waals surface area contributed by atoms with Crippen molar-refractivity contribution in [1.82, 2.24) is 15.2 Å². The minimum atomic E-state index is -3.29. The van der Waals surface area contributed by atoms with Gasteiger partial charge in [-0.1, -0.05) is 11.2 Å². The summed E-state index contributed by atoms with van der Waals surface area (Å²) in [5.41, 5.74) is 5.96. The number of halogens is 2. The van der Waals surface area contributed by atoms with Crippen LogP contribution in [0.15, 0.2) is 46.2 Å². The number of aliphatic carboxylic acids is 1. The van der Waals surface area contributed by atoms with Gasteiger partial charge in [0.15, 0.2) is 29.3 Å². The number of pyridine rings is 1. The summed E-state index contributed by atoms with van der Waals surface area (Å²) in [4.78, 5) is 46.4. The van der Waals surface area contributed by atoms with Crippen LogP contribution in [-0.4, -0.2) is 57.2 Å². The first kappa shape index (κ1) is 24.5. The number of aromatic nitrogens is 2. The number of nitrogen functional groups attached to an aromatic ring is 1. The molecule has 1 saturated heterocycles. The van der Waals surface area contributed by atoms with Crippen molar-refractivity contribution in [3.05, 3.63) is 52.4 Å². The van der Waals surface area contributed by atoms with E-state index in [-0.39, 0.29) is 28.8 Å². The predicted molar refractivity (Wildman–Crippen MR) is 119 cm³/mol. The van der Waals surface area contributed by atoms with E-state index in [1.165, 1.54) is 17.1 Å². The van der Waals surface area contributed by atoms with Gasteiger partial charge in [-0.15, -0.1) is 23.1 Å². The van der Waals surface area contributed by atoms with E-state index in [0.717, 1.165) is 21.9 Å². The van der Waals surface area contributed by atoms with Crippen LogP contribution in [0.3, 0.4) is 0 Å². The highest BCUT2D eigenvalue weighted by Gasteiger charge is 2.53. The normalized spacial score (nSPS) is 19.9. The van der Waals surface area contributed by atoms with E-state index in [0.29, 0.717) is 5.57 Å². The lowest BCUT2D eigenvalue weighted by atomic mass is 10.0. The Labute approximate surface area is 205 Å². The Morgan fingerprint density at radius 2 is 2.23 bits per heavy atom. The lowest BCUT2D eigenvalue weighted by Gasteiger charge is -2.50. The zero-order valence-corrected chi connectivity index (χ0v) is 19.6. The Bertz CT molecular complexity index is 1250. The van der Waals surface area contributed by atoms with Gasteiger partial charge in [-0.25, -0.2) is 4.98 Å². The van der Waals surface area contributed by atoms with Crippen molar-refractivity contribution in [2.75, 3.05) is 11.5 Å². The van der Waals surface area contributed by atoms with Gasteiger partial charge in [0.25, 0.3) is 11.8 Å². The van der Waals surface area contributed by atoms with E-state index in [1.54, 1.807) is 12.3 Å². The fourth-order valence-corrected chi connectivity index (χ4v) is 5.52. The number of nitrogens with one attached hydrogen (secondary N) is 1. The fourth-order valence-electron chi connectivity index (χ4n) is 3.64. The smallest absolute Gasteiger partial charge is 0.407 e. The Morgan fingerprint density at radius 1 is 1.46 bits per heavy atom. The number of aryl methyl sites for hydroxylation is 1. The molecule has 4 rings (SSSR count). The van der Waals surface area contributed by atoms with E-state index in [2.05, 4.69) is 20.3 Å². The van der Waals surface area contributed by atoms with Crippen molar-refractivity contribution in [3.63, 3.8) is 0 Å². The number of rotatable bonds is 8. The quantitative estimate of drug-likeness (QED) is 0.200. The van der Waals surface area contributed by atoms with Gasteiger partial charge < -0.3 is 25.8 Å². The Morgan fingerprint density at radius 3 is 2.86 bits per heavy atom. The SMILES string of the molecule is Cc1cccc[n+]1CC1=C(C(=O)[O-])N2C(=O)C(NC(=O)C(=NOC(F)F)c3csc(N)n3)[C@H]2SC1. The van der Waals surface area contributed by atoms with Crippen molar-refractivity contribution >= 4 is 51.7 Å². The van der Waals surface area contributed by atoms with Crippen LogP contribution in [0.5, 0.6) is 0 Å². The number of nitrogens with zero attached hydrogens (tertiary/aromatic N) is 4. The molecular formula is C20H18F2N6O5S2. The van der Waals surface area contributed by atoms with Gasteiger partial charge in [0.2, 0.25) is 0 Å². The molecule has 2 amide bonds. The molecule has 0 bridgehead atoms. The van der Waals surface area contributed by atoms with E-state index in [4.69, 9.17) is 5.73 Å². The van der Waals surface area contributed by atoms with Gasteiger partial charge >= 0.3 is 6.61 Å². The lowest BCUT2D eigenvalue weighted by molar-refractivity contribution is -0.695. The summed E-state index contributed by atoms with van der Waals surface area (Å²) >= 11 is 2.20. The first-order valence-corrected chi connectivity index (χ1v) is 12.0. The number of thioether (sulfide) groups is 1.